The van der Waals surface area contributed by atoms with Gasteiger partial charge in [-0.25, -0.2) is 0 Å². The van der Waals surface area contributed by atoms with Crippen molar-refractivity contribution in [3.8, 4) is 0 Å². The first kappa shape index (κ1) is 14.7. The average molecular weight is 252 g/mol. The number of nitrogens with one attached hydrogen (secondary N) is 1. The van der Waals surface area contributed by atoms with E-state index in [1.54, 1.807) is 6.92 Å². The molecule has 0 unspecified atom stereocenters. The molecule has 102 valence electrons. The quantitative estimate of drug-likeness (QED) is 0.579. The SMILES string of the molecule is C=C(C)C(=O)NCCCCN1CCCCCC1=O. The molecule has 0 radical (unpaired) electrons. The molecule has 1 rings (SSSR count). The third kappa shape index (κ3) is 5.34. The van der Waals surface area contributed by atoms with Crippen LogP contribution in [0.15, 0.2) is 12.2 Å². The summed E-state index contributed by atoms with van der Waals surface area (Å²) in [6.07, 6.45) is 5.87. The van der Waals surface area contributed by atoms with E-state index in [-0.39, 0.29) is 5.91 Å². The summed E-state index contributed by atoms with van der Waals surface area (Å²) >= 11 is 0. The summed E-state index contributed by atoms with van der Waals surface area (Å²) < 4.78 is 0. The zero-order valence-corrected chi connectivity index (χ0v) is 11.3. The molecule has 0 aromatic carbocycles. The summed E-state index contributed by atoms with van der Waals surface area (Å²) in [4.78, 5) is 24.9. The van der Waals surface area contributed by atoms with E-state index in [1.807, 2.05) is 4.90 Å². The molecule has 1 heterocycles. The van der Waals surface area contributed by atoms with Gasteiger partial charge in [0.2, 0.25) is 11.8 Å². The Labute approximate surface area is 109 Å². The molecule has 1 saturated heterocycles. The van der Waals surface area contributed by atoms with Crippen molar-refractivity contribution in [2.45, 2.75) is 45.4 Å². The van der Waals surface area contributed by atoms with E-state index in [1.165, 1.54) is 0 Å². The zero-order chi connectivity index (χ0) is 13.4. The fraction of sp³-hybridized carbons (Fsp3) is 0.714. The minimum absolute atomic E-state index is 0.0825. The van der Waals surface area contributed by atoms with Crippen LogP contribution in [0.2, 0.25) is 0 Å². The predicted octanol–water partition coefficient (Wildman–Crippen LogP) is 1.86. The topological polar surface area (TPSA) is 49.4 Å². The third-order valence-electron chi connectivity index (χ3n) is 3.20. The van der Waals surface area contributed by atoms with Gasteiger partial charge in [0.15, 0.2) is 0 Å². The molecule has 1 aliphatic heterocycles. The molecule has 18 heavy (non-hydrogen) atoms. The highest BCUT2D eigenvalue weighted by molar-refractivity contribution is 5.91. The lowest BCUT2D eigenvalue weighted by Crippen LogP contribution is -2.32. The van der Waals surface area contributed by atoms with Crippen LogP contribution in [0.3, 0.4) is 0 Å². The van der Waals surface area contributed by atoms with Crippen molar-refractivity contribution in [1.29, 1.82) is 0 Å². The molecule has 0 saturated carbocycles. The molecule has 1 N–H and O–H groups in total. The molecule has 0 aromatic rings. The number of amides is 2. The second kappa shape index (κ2) is 7.90. The van der Waals surface area contributed by atoms with E-state index in [0.29, 0.717) is 24.4 Å². The van der Waals surface area contributed by atoms with Crippen LogP contribution < -0.4 is 5.32 Å². The summed E-state index contributed by atoms with van der Waals surface area (Å²) in [7, 11) is 0. The Morgan fingerprint density at radius 1 is 1.33 bits per heavy atom. The van der Waals surface area contributed by atoms with Crippen LogP contribution in [0, 0.1) is 0 Å². The lowest BCUT2D eigenvalue weighted by Gasteiger charge is -2.20. The number of nitrogens with zero attached hydrogens (tertiary/aromatic N) is 1. The van der Waals surface area contributed by atoms with Gasteiger partial charge in [0.05, 0.1) is 0 Å². The Morgan fingerprint density at radius 2 is 2.11 bits per heavy atom. The molecular formula is C14H24N2O2. The Balaban J connectivity index is 2.11. The van der Waals surface area contributed by atoms with Gasteiger partial charge in [0, 0.05) is 31.6 Å². The van der Waals surface area contributed by atoms with Crippen molar-refractivity contribution in [3.63, 3.8) is 0 Å². The molecule has 0 spiro atoms. The van der Waals surface area contributed by atoms with Crippen LogP contribution in [0.25, 0.3) is 0 Å². The molecule has 4 heteroatoms. The summed E-state index contributed by atoms with van der Waals surface area (Å²) in [5.74, 6) is 0.208. The molecule has 0 atom stereocenters. The lowest BCUT2D eigenvalue weighted by atomic mass is 10.2. The summed E-state index contributed by atoms with van der Waals surface area (Å²) in [6, 6.07) is 0. The van der Waals surface area contributed by atoms with Crippen LogP contribution in [0.5, 0.6) is 0 Å². The fourth-order valence-corrected chi connectivity index (χ4v) is 2.06. The normalized spacial score (nSPS) is 16.3. The predicted molar refractivity (Wildman–Crippen MR) is 72.1 cm³/mol. The molecular weight excluding hydrogens is 228 g/mol. The van der Waals surface area contributed by atoms with E-state index >= 15 is 0 Å². The van der Waals surface area contributed by atoms with Crippen LogP contribution in [0.1, 0.15) is 45.4 Å². The summed E-state index contributed by atoms with van der Waals surface area (Å²) in [5.41, 5.74) is 0.540. The number of rotatable bonds is 6. The van der Waals surface area contributed by atoms with E-state index < -0.39 is 0 Å². The van der Waals surface area contributed by atoms with Crippen molar-refractivity contribution in [2.24, 2.45) is 0 Å². The Bertz CT molecular complexity index is 313. The standard InChI is InChI=1S/C14H24N2O2/c1-12(2)14(18)15-9-5-7-11-16-10-6-3-4-8-13(16)17/h1,3-11H2,2H3,(H,15,18). The Morgan fingerprint density at radius 3 is 2.83 bits per heavy atom. The van der Waals surface area contributed by atoms with Crippen molar-refractivity contribution < 1.29 is 9.59 Å². The summed E-state index contributed by atoms with van der Waals surface area (Å²) in [5, 5.41) is 2.80. The maximum Gasteiger partial charge on any atom is 0.246 e. The average Bonchev–Trinajstić information content (AvgIpc) is 2.53. The highest BCUT2D eigenvalue weighted by atomic mass is 16.2. The maximum atomic E-state index is 11.7. The second-order valence-corrected chi connectivity index (χ2v) is 4.93. The van der Waals surface area contributed by atoms with Gasteiger partial charge < -0.3 is 10.2 Å². The van der Waals surface area contributed by atoms with E-state index in [9.17, 15) is 9.59 Å². The molecule has 2 amide bonds. The Hall–Kier alpha value is -1.32. The fourth-order valence-electron chi connectivity index (χ4n) is 2.06. The van der Waals surface area contributed by atoms with Crippen molar-refractivity contribution in [1.82, 2.24) is 10.2 Å². The summed E-state index contributed by atoms with van der Waals surface area (Å²) in [6.45, 7) is 7.66. The van der Waals surface area contributed by atoms with Crippen LogP contribution >= 0.6 is 0 Å². The van der Waals surface area contributed by atoms with Crippen LogP contribution in [0.4, 0.5) is 0 Å². The molecule has 1 fully saturated rings. The maximum absolute atomic E-state index is 11.7. The van der Waals surface area contributed by atoms with Crippen molar-refractivity contribution in [2.75, 3.05) is 19.6 Å². The minimum atomic E-state index is -0.0825. The van der Waals surface area contributed by atoms with Gasteiger partial charge in [-0.3, -0.25) is 9.59 Å². The minimum Gasteiger partial charge on any atom is -0.352 e. The van der Waals surface area contributed by atoms with Gasteiger partial charge in [-0.1, -0.05) is 13.0 Å². The van der Waals surface area contributed by atoms with Gasteiger partial charge in [-0.2, -0.15) is 0 Å². The van der Waals surface area contributed by atoms with E-state index in [2.05, 4.69) is 11.9 Å². The van der Waals surface area contributed by atoms with Gasteiger partial charge in [0.25, 0.3) is 0 Å². The molecule has 4 nitrogen and oxygen atoms in total. The smallest absolute Gasteiger partial charge is 0.246 e. The van der Waals surface area contributed by atoms with Crippen molar-refractivity contribution in [3.05, 3.63) is 12.2 Å². The van der Waals surface area contributed by atoms with Crippen molar-refractivity contribution >= 4 is 11.8 Å². The molecule has 0 aliphatic carbocycles. The number of hydrogen-bond acceptors (Lipinski definition) is 2. The number of hydrogen-bond donors (Lipinski definition) is 1. The van der Waals surface area contributed by atoms with Crippen LogP contribution in [-0.4, -0.2) is 36.3 Å². The molecule has 0 bridgehead atoms. The number of unbranched alkanes of at least 4 members (excludes halogenated alkanes) is 1. The highest BCUT2D eigenvalue weighted by Gasteiger charge is 2.15. The monoisotopic (exact) mass is 252 g/mol. The first-order chi connectivity index (χ1) is 8.61. The van der Waals surface area contributed by atoms with E-state index in [4.69, 9.17) is 0 Å². The van der Waals surface area contributed by atoms with Gasteiger partial charge in [0.1, 0.15) is 0 Å². The lowest BCUT2D eigenvalue weighted by molar-refractivity contribution is -0.130. The molecule has 1 aliphatic rings. The first-order valence-corrected chi connectivity index (χ1v) is 6.82. The number of carbonyl (C=O) groups excluding carboxylic acids is 2. The first-order valence-electron chi connectivity index (χ1n) is 6.82. The van der Waals surface area contributed by atoms with Gasteiger partial charge in [-0.15, -0.1) is 0 Å². The van der Waals surface area contributed by atoms with Crippen LogP contribution in [-0.2, 0) is 9.59 Å². The Kier molecular flexibility index (Phi) is 6.47. The third-order valence-corrected chi connectivity index (χ3v) is 3.20. The molecule has 0 aromatic heterocycles. The van der Waals surface area contributed by atoms with E-state index in [0.717, 1.165) is 45.2 Å². The second-order valence-electron chi connectivity index (χ2n) is 4.93. The highest BCUT2D eigenvalue weighted by Crippen LogP contribution is 2.11. The zero-order valence-electron chi connectivity index (χ0n) is 11.3. The van der Waals surface area contributed by atoms with Gasteiger partial charge in [-0.05, 0) is 32.6 Å². The van der Waals surface area contributed by atoms with Gasteiger partial charge >= 0.3 is 0 Å². The largest absolute Gasteiger partial charge is 0.352 e. The number of likely N-dealkylation sites (tertiary alicyclic amines) is 1. The number of carbonyl (C=O) groups is 2.